The van der Waals surface area contributed by atoms with Gasteiger partial charge in [0.1, 0.15) is 23.2 Å². The van der Waals surface area contributed by atoms with E-state index in [9.17, 15) is 9.59 Å². The van der Waals surface area contributed by atoms with Crippen LogP contribution in [0.4, 0.5) is 0 Å². The first-order chi connectivity index (χ1) is 11.5. The van der Waals surface area contributed by atoms with Crippen LogP contribution in [-0.2, 0) is 9.59 Å². The number of nitrogens with one attached hydrogen (secondary N) is 1. The highest BCUT2D eigenvalue weighted by Crippen LogP contribution is 2.27. The average Bonchev–Trinajstić information content (AvgIpc) is 3.01. The van der Waals surface area contributed by atoms with Crippen LogP contribution in [0.5, 0.6) is 0 Å². The van der Waals surface area contributed by atoms with Gasteiger partial charge in [-0.3, -0.25) is 14.9 Å². The van der Waals surface area contributed by atoms with Crippen molar-refractivity contribution in [1.29, 1.82) is 5.26 Å². The molecular weight excluding hydrogens is 372 g/mol. The summed E-state index contributed by atoms with van der Waals surface area (Å²) in [5.74, 6) is -0.0990. The van der Waals surface area contributed by atoms with Crippen molar-refractivity contribution in [3.05, 3.63) is 63.4 Å². The molecule has 0 unspecified atom stereocenters. The number of hydrogen-bond acceptors (Lipinski definition) is 4. The van der Waals surface area contributed by atoms with Gasteiger partial charge < -0.3 is 4.42 Å². The number of amides is 2. The Balaban J connectivity index is 1.99. The van der Waals surface area contributed by atoms with E-state index in [1.165, 1.54) is 6.08 Å². The fraction of sp³-hybridized carbons (Fsp3) is 0.0556. The van der Waals surface area contributed by atoms with Crippen LogP contribution < -0.4 is 5.32 Å². The predicted octanol–water partition coefficient (Wildman–Crippen LogP) is 3.59. The highest BCUT2D eigenvalue weighted by Gasteiger charge is 2.27. The number of hydrogen-bond donors (Lipinski definition) is 1. The molecule has 1 N–H and O–H groups in total. The topological polar surface area (TPSA) is 83.1 Å². The number of carbonyl (C=O) groups is 2. The van der Waals surface area contributed by atoms with Crippen LogP contribution in [0.15, 0.2) is 62.0 Å². The second-order valence-corrected chi connectivity index (χ2v) is 6.08. The second-order valence-electron chi connectivity index (χ2n) is 5.16. The number of rotatable bonds is 2. The maximum atomic E-state index is 12.0. The van der Waals surface area contributed by atoms with Crippen LogP contribution in [0.3, 0.4) is 0 Å². The molecule has 24 heavy (non-hydrogen) atoms. The van der Waals surface area contributed by atoms with Gasteiger partial charge in [0.2, 0.25) is 0 Å². The number of imide groups is 1. The van der Waals surface area contributed by atoms with Crippen LogP contribution in [0.1, 0.15) is 12.7 Å². The molecule has 0 aliphatic carbocycles. The molecule has 0 bridgehead atoms. The third-order valence-electron chi connectivity index (χ3n) is 3.63. The Hall–Kier alpha value is -2.91. The van der Waals surface area contributed by atoms with Crippen molar-refractivity contribution < 1.29 is 14.0 Å². The maximum Gasteiger partial charge on any atom is 0.269 e. The molecular formula is C18H11BrN2O3. The van der Waals surface area contributed by atoms with E-state index in [2.05, 4.69) is 21.2 Å². The molecule has 1 aliphatic rings. The van der Waals surface area contributed by atoms with E-state index in [1.54, 1.807) is 19.1 Å². The zero-order valence-electron chi connectivity index (χ0n) is 12.6. The number of halogens is 1. The van der Waals surface area contributed by atoms with Crippen molar-refractivity contribution in [2.45, 2.75) is 6.92 Å². The largest absolute Gasteiger partial charge is 0.457 e. The van der Waals surface area contributed by atoms with Crippen molar-refractivity contribution in [2.75, 3.05) is 0 Å². The van der Waals surface area contributed by atoms with Gasteiger partial charge in [-0.05, 0) is 42.8 Å². The van der Waals surface area contributed by atoms with Crippen LogP contribution in [0.25, 0.3) is 17.4 Å². The van der Waals surface area contributed by atoms with Crippen molar-refractivity contribution in [3.63, 3.8) is 0 Å². The zero-order chi connectivity index (χ0) is 17.3. The van der Waals surface area contributed by atoms with E-state index in [0.29, 0.717) is 17.1 Å². The third-order valence-corrected chi connectivity index (χ3v) is 4.16. The Bertz CT molecular complexity index is 943. The smallest absolute Gasteiger partial charge is 0.269 e. The first kappa shape index (κ1) is 16.0. The van der Waals surface area contributed by atoms with Gasteiger partial charge in [0, 0.05) is 15.6 Å². The summed E-state index contributed by atoms with van der Waals surface area (Å²) in [5.41, 5.74) is 1.41. The lowest BCUT2D eigenvalue weighted by Gasteiger charge is -2.15. The quantitative estimate of drug-likeness (QED) is 0.635. The molecule has 0 saturated carbocycles. The van der Waals surface area contributed by atoms with E-state index < -0.39 is 11.8 Å². The molecule has 0 atom stereocenters. The summed E-state index contributed by atoms with van der Waals surface area (Å²) >= 11 is 3.38. The Morgan fingerprint density at radius 3 is 2.50 bits per heavy atom. The molecule has 2 heterocycles. The van der Waals surface area contributed by atoms with Gasteiger partial charge in [0.25, 0.3) is 11.8 Å². The van der Waals surface area contributed by atoms with Gasteiger partial charge in [-0.1, -0.05) is 28.1 Å². The number of benzene rings is 1. The van der Waals surface area contributed by atoms with Gasteiger partial charge in [-0.15, -0.1) is 0 Å². The summed E-state index contributed by atoms with van der Waals surface area (Å²) < 4.78 is 6.71. The van der Waals surface area contributed by atoms with Crippen molar-refractivity contribution in [3.8, 4) is 17.4 Å². The van der Waals surface area contributed by atoms with E-state index >= 15 is 0 Å². The standard InChI is InChI=1S/C18H11BrN2O3/c1-10-14(17(22)21-18(23)15(10)9-20)8-13-6-7-16(24-13)11-2-4-12(19)5-3-11/h2-8H,1H3,(H,21,22,23)/b14-8-. The lowest BCUT2D eigenvalue weighted by Crippen LogP contribution is -2.37. The van der Waals surface area contributed by atoms with E-state index in [0.717, 1.165) is 10.0 Å². The monoisotopic (exact) mass is 382 g/mol. The first-order valence-electron chi connectivity index (χ1n) is 7.04. The molecule has 1 aliphatic heterocycles. The molecule has 2 amide bonds. The van der Waals surface area contributed by atoms with Crippen LogP contribution in [-0.4, -0.2) is 11.8 Å². The lowest BCUT2D eigenvalue weighted by molar-refractivity contribution is -0.126. The van der Waals surface area contributed by atoms with Crippen molar-refractivity contribution in [1.82, 2.24) is 5.32 Å². The Kier molecular flexibility index (Phi) is 4.19. The fourth-order valence-electron chi connectivity index (χ4n) is 2.36. The zero-order valence-corrected chi connectivity index (χ0v) is 14.2. The molecule has 118 valence electrons. The van der Waals surface area contributed by atoms with Crippen molar-refractivity contribution >= 4 is 33.8 Å². The van der Waals surface area contributed by atoms with Gasteiger partial charge in [-0.2, -0.15) is 5.26 Å². The normalized spacial score (nSPS) is 16.3. The Morgan fingerprint density at radius 2 is 1.83 bits per heavy atom. The first-order valence-corrected chi connectivity index (χ1v) is 7.83. The van der Waals surface area contributed by atoms with E-state index in [-0.39, 0.29) is 11.1 Å². The molecule has 0 fully saturated rings. The second kappa shape index (κ2) is 6.30. The number of nitrogens with zero attached hydrogens (tertiary/aromatic N) is 1. The van der Waals surface area contributed by atoms with Crippen LogP contribution in [0, 0.1) is 11.3 Å². The number of furan rings is 1. The SMILES string of the molecule is CC1=C(C#N)C(=O)NC(=O)/C1=C\c1ccc(-c2ccc(Br)cc2)o1. The molecule has 2 aromatic rings. The summed E-state index contributed by atoms with van der Waals surface area (Å²) in [5, 5.41) is 11.2. The lowest BCUT2D eigenvalue weighted by atomic mass is 9.96. The maximum absolute atomic E-state index is 12.0. The summed E-state index contributed by atoms with van der Waals surface area (Å²) in [6.07, 6.45) is 1.52. The molecule has 0 saturated heterocycles. The highest BCUT2D eigenvalue weighted by molar-refractivity contribution is 9.10. The minimum atomic E-state index is -0.674. The van der Waals surface area contributed by atoms with Crippen LogP contribution in [0.2, 0.25) is 0 Å². The highest BCUT2D eigenvalue weighted by atomic mass is 79.9. The van der Waals surface area contributed by atoms with Crippen molar-refractivity contribution in [2.24, 2.45) is 0 Å². The minimum Gasteiger partial charge on any atom is -0.457 e. The summed E-state index contributed by atoms with van der Waals surface area (Å²) in [6, 6.07) is 13.0. The summed E-state index contributed by atoms with van der Waals surface area (Å²) in [6.45, 7) is 1.57. The summed E-state index contributed by atoms with van der Waals surface area (Å²) in [7, 11) is 0. The number of nitriles is 1. The van der Waals surface area contributed by atoms with Gasteiger partial charge in [0.15, 0.2) is 0 Å². The molecule has 6 heteroatoms. The van der Waals surface area contributed by atoms with Gasteiger partial charge in [-0.25, -0.2) is 0 Å². The van der Waals surface area contributed by atoms with Gasteiger partial charge >= 0.3 is 0 Å². The Morgan fingerprint density at radius 1 is 1.12 bits per heavy atom. The number of carbonyl (C=O) groups excluding carboxylic acids is 2. The molecule has 5 nitrogen and oxygen atoms in total. The molecule has 3 rings (SSSR count). The molecule has 0 radical (unpaired) electrons. The fourth-order valence-corrected chi connectivity index (χ4v) is 2.62. The van der Waals surface area contributed by atoms with Gasteiger partial charge in [0.05, 0.1) is 0 Å². The average molecular weight is 383 g/mol. The minimum absolute atomic E-state index is 0.0689. The molecule has 1 aromatic carbocycles. The molecule has 1 aromatic heterocycles. The summed E-state index contributed by atoms with van der Waals surface area (Å²) in [4.78, 5) is 23.6. The molecule has 0 spiro atoms. The van der Waals surface area contributed by atoms with E-state index in [1.807, 2.05) is 30.3 Å². The van der Waals surface area contributed by atoms with Crippen LogP contribution >= 0.6 is 15.9 Å². The van der Waals surface area contributed by atoms with E-state index in [4.69, 9.17) is 9.68 Å². The Labute approximate surface area is 146 Å². The third kappa shape index (κ3) is 2.94. The predicted molar refractivity (Wildman–Crippen MR) is 91.3 cm³/mol.